The zero-order valence-corrected chi connectivity index (χ0v) is 14.2. The normalized spacial score (nSPS) is 11.7. The second-order valence-corrected chi connectivity index (χ2v) is 5.37. The Morgan fingerprint density at radius 2 is 1.45 bits per heavy atom. The van der Waals surface area contributed by atoms with Gasteiger partial charge in [-0.1, -0.05) is 69.2 Å². The molecule has 0 aromatic heterocycles. The Bertz CT molecular complexity index is 353. The van der Waals surface area contributed by atoms with Crippen molar-refractivity contribution in [3.8, 4) is 0 Å². The van der Waals surface area contributed by atoms with Gasteiger partial charge < -0.3 is 5.32 Å². The van der Waals surface area contributed by atoms with Gasteiger partial charge >= 0.3 is 0 Å². The molecule has 0 radical (unpaired) electrons. The topological polar surface area (TPSA) is 29.1 Å². The van der Waals surface area contributed by atoms with E-state index in [0.717, 1.165) is 32.1 Å². The summed E-state index contributed by atoms with van der Waals surface area (Å²) in [5.41, 5.74) is 0. The summed E-state index contributed by atoms with van der Waals surface area (Å²) in [6.07, 6.45) is 25.7. The van der Waals surface area contributed by atoms with Gasteiger partial charge in [-0.3, -0.25) is 4.79 Å². The number of amides is 1. The molecule has 2 heteroatoms. The summed E-state index contributed by atoms with van der Waals surface area (Å²) in [5.74, 6) is 0.0798. The zero-order chi connectivity index (χ0) is 16.3. The maximum atomic E-state index is 11.2. The molecule has 0 aromatic carbocycles. The SMILES string of the molecule is C=CNC(=O)CCCCCCC/C=C\C/C=C\C/C=C\CC. The third-order valence-electron chi connectivity index (χ3n) is 3.32. The van der Waals surface area contributed by atoms with E-state index in [0.29, 0.717) is 6.42 Å². The lowest BCUT2D eigenvalue weighted by Crippen LogP contribution is -2.15. The van der Waals surface area contributed by atoms with Crippen LogP contribution in [0.15, 0.2) is 49.2 Å². The van der Waals surface area contributed by atoms with Gasteiger partial charge in [-0.05, 0) is 44.7 Å². The molecule has 0 aliphatic heterocycles. The van der Waals surface area contributed by atoms with Crippen molar-refractivity contribution in [2.45, 2.75) is 71.1 Å². The van der Waals surface area contributed by atoms with E-state index in [1.165, 1.54) is 31.9 Å². The van der Waals surface area contributed by atoms with Crippen LogP contribution in [0.3, 0.4) is 0 Å². The van der Waals surface area contributed by atoms with Crippen molar-refractivity contribution in [3.05, 3.63) is 49.2 Å². The fraction of sp³-hybridized carbons (Fsp3) is 0.550. The molecule has 0 rings (SSSR count). The van der Waals surface area contributed by atoms with Crippen LogP contribution in [-0.4, -0.2) is 5.91 Å². The van der Waals surface area contributed by atoms with Gasteiger partial charge in [-0.25, -0.2) is 0 Å². The number of rotatable bonds is 14. The van der Waals surface area contributed by atoms with Crippen LogP contribution in [0, 0.1) is 0 Å². The molecule has 0 aliphatic rings. The molecule has 2 nitrogen and oxygen atoms in total. The Balaban J connectivity index is 3.28. The minimum absolute atomic E-state index is 0.0798. The summed E-state index contributed by atoms with van der Waals surface area (Å²) in [6, 6.07) is 0. The molecule has 0 bridgehead atoms. The maximum absolute atomic E-state index is 11.2. The number of hydrogen-bond donors (Lipinski definition) is 1. The smallest absolute Gasteiger partial charge is 0.223 e. The minimum Gasteiger partial charge on any atom is -0.333 e. The minimum atomic E-state index is 0.0798. The quantitative estimate of drug-likeness (QED) is 0.317. The second-order valence-electron chi connectivity index (χ2n) is 5.37. The van der Waals surface area contributed by atoms with Crippen molar-refractivity contribution in [1.29, 1.82) is 0 Å². The number of carbonyl (C=O) groups excluding carboxylic acids is 1. The molecule has 1 N–H and O–H groups in total. The number of hydrogen-bond acceptors (Lipinski definition) is 1. The summed E-state index contributed by atoms with van der Waals surface area (Å²) < 4.78 is 0. The molecule has 0 saturated heterocycles. The van der Waals surface area contributed by atoms with Crippen LogP contribution in [-0.2, 0) is 4.79 Å². The molecule has 0 unspecified atom stereocenters. The lowest BCUT2D eigenvalue weighted by molar-refractivity contribution is -0.120. The summed E-state index contributed by atoms with van der Waals surface area (Å²) in [6.45, 7) is 5.63. The molecule has 0 spiro atoms. The Hall–Kier alpha value is -1.57. The molecule has 1 amide bonds. The van der Waals surface area contributed by atoms with Crippen molar-refractivity contribution in [1.82, 2.24) is 5.32 Å². The van der Waals surface area contributed by atoms with Gasteiger partial charge in [0.05, 0.1) is 0 Å². The van der Waals surface area contributed by atoms with Crippen LogP contribution >= 0.6 is 0 Å². The maximum Gasteiger partial charge on any atom is 0.223 e. The number of carbonyl (C=O) groups is 1. The highest BCUT2D eigenvalue weighted by Gasteiger charge is 1.97. The third kappa shape index (κ3) is 16.5. The van der Waals surface area contributed by atoms with E-state index in [9.17, 15) is 4.79 Å². The molecule has 0 atom stereocenters. The fourth-order valence-electron chi connectivity index (χ4n) is 2.09. The first-order valence-electron chi connectivity index (χ1n) is 8.66. The van der Waals surface area contributed by atoms with Gasteiger partial charge in [0.25, 0.3) is 0 Å². The first-order chi connectivity index (χ1) is 10.8. The number of unbranched alkanes of at least 4 members (excludes halogenated alkanes) is 5. The third-order valence-corrected chi connectivity index (χ3v) is 3.32. The van der Waals surface area contributed by atoms with E-state index < -0.39 is 0 Å². The zero-order valence-electron chi connectivity index (χ0n) is 14.2. The van der Waals surface area contributed by atoms with Crippen molar-refractivity contribution in [3.63, 3.8) is 0 Å². The number of allylic oxidation sites excluding steroid dienone is 6. The van der Waals surface area contributed by atoms with E-state index in [4.69, 9.17) is 0 Å². The number of nitrogens with one attached hydrogen (secondary N) is 1. The first kappa shape index (κ1) is 20.4. The highest BCUT2D eigenvalue weighted by Crippen LogP contribution is 2.07. The van der Waals surface area contributed by atoms with Gasteiger partial charge in [-0.15, -0.1) is 0 Å². The lowest BCUT2D eigenvalue weighted by Gasteiger charge is -2.00. The van der Waals surface area contributed by atoms with Crippen molar-refractivity contribution in [2.75, 3.05) is 0 Å². The van der Waals surface area contributed by atoms with Crippen LogP contribution < -0.4 is 5.32 Å². The lowest BCUT2D eigenvalue weighted by atomic mass is 10.1. The molecular formula is C20H33NO. The van der Waals surface area contributed by atoms with E-state index in [-0.39, 0.29) is 5.91 Å². The Morgan fingerprint density at radius 1 is 0.864 bits per heavy atom. The van der Waals surface area contributed by atoms with Crippen LogP contribution in [0.25, 0.3) is 0 Å². The van der Waals surface area contributed by atoms with Crippen LogP contribution in [0.1, 0.15) is 71.1 Å². The van der Waals surface area contributed by atoms with Crippen LogP contribution in [0.2, 0.25) is 0 Å². The molecule has 22 heavy (non-hydrogen) atoms. The molecule has 0 aromatic rings. The highest BCUT2D eigenvalue weighted by atomic mass is 16.1. The Morgan fingerprint density at radius 3 is 2.14 bits per heavy atom. The van der Waals surface area contributed by atoms with E-state index in [1.54, 1.807) is 0 Å². The molecule has 0 fully saturated rings. The van der Waals surface area contributed by atoms with E-state index >= 15 is 0 Å². The monoisotopic (exact) mass is 303 g/mol. The molecule has 0 heterocycles. The average molecular weight is 303 g/mol. The van der Waals surface area contributed by atoms with Crippen molar-refractivity contribution in [2.24, 2.45) is 0 Å². The first-order valence-corrected chi connectivity index (χ1v) is 8.66. The van der Waals surface area contributed by atoms with Gasteiger partial charge in [0.1, 0.15) is 0 Å². The van der Waals surface area contributed by atoms with Crippen LogP contribution in [0.5, 0.6) is 0 Å². The van der Waals surface area contributed by atoms with Gasteiger partial charge in [-0.2, -0.15) is 0 Å². The van der Waals surface area contributed by atoms with Crippen molar-refractivity contribution < 1.29 is 4.79 Å². The summed E-state index contributed by atoms with van der Waals surface area (Å²) in [7, 11) is 0. The Kier molecular flexibility index (Phi) is 16.2. The van der Waals surface area contributed by atoms with Gasteiger partial charge in [0.2, 0.25) is 5.91 Å². The average Bonchev–Trinajstić information content (AvgIpc) is 2.51. The fourth-order valence-corrected chi connectivity index (χ4v) is 2.09. The van der Waals surface area contributed by atoms with E-state index in [1.807, 2.05) is 0 Å². The summed E-state index contributed by atoms with van der Waals surface area (Å²) in [4.78, 5) is 11.2. The molecule has 124 valence electrons. The largest absolute Gasteiger partial charge is 0.333 e. The molecule has 0 saturated carbocycles. The predicted octanol–water partition coefficient (Wildman–Crippen LogP) is 5.84. The summed E-state index contributed by atoms with van der Waals surface area (Å²) >= 11 is 0. The van der Waals surface area contributed by atoms with Gasteiger partial charge in [0.15, 0.2) is 0 Å². The van der Waals surface area contributed by atoms with E-state index in [2.05, 4.69) is 55.3 Å². The Labute approximate surface area is 137 Å². The van der Waals surface area contributed by atoms with Crippen molar-refractivity contribution >= 4 is 5.91 Å². The highest BCUT2D eigenvalue weighted by molar-refractivity contribution is 5.76. The molecule has 0 aliphatic carbocycles. The summed E-state index contributed by atoms with van der Waals surface area (Å²) in [5, 5.41) is 2.60. The van der Waals surface area contributed by atoms with Crippen LogP contribution in [0.4, 0.5) is 0 Å². The predicted molar refractivity (Wildman–Crippen MR) is 97.6 cm³/mol. The van der Waals surface area contributed by atoms with Gasteiger partial charge in [0, 0.05) is 6.42 Å². The second kappa shape index (κ2) is 17.5. The standard InChI is InChI=1S/C20H33NO/c1-3-5-6-7-8-9-10-11-12-13-14-15-16-17-18-19-20(22)21-4-2/h4-6,8-9,11-12H,2-3,7,10,13-19H2,1H3,(H,21,22)/b6-5-,9-8-,12-11-. The molecular weight excluding hydrogens is 270 g/mol.